The smallest absolute Gasteiger partial charge is 0.245 e. The normalized spacial score (nSPS) is 16.6. The first kappa shape index (κ1) is 23.4. The Morgan fingerprint density at radius 2 is 1.85 bits per heavy atom. The van der Waals surface area contributed by atoms with Crippen molar-refractivity contribution in [3.05, 3.63) is 35.4 Å². The van der Waals surface area contributed by atoms with E-state index in [4.69, 9.17) is 5.73 Å². The number of carbonyl (C=O) groups excluding carboxylic acids is 2. The van der Waals surface area contributed by atoms with Crippen LogP contribution < -0.4 is 5.73 Å². The van der Waals surface area contributed by atoms with Gasteiger partial charge in [0.2, 0.25) is 11.8 Å². The Labute approximate surface area is 169 Å². The van der Waals surface area contributed by atoms with Gasteiger partial charge in [0, 0.05) is 33.0 Å². The minimum absolute atomic E-state index is 0. The number of nitrogens with zero attached hydrogens (tertiary/aromatic N) is 2. The van der Waals surface area contributed by atoms with Crippen molar-refractivity contribution in [2.24, 2.45) is 17.1 Å². The lowest BCUT2D eigenvalue weighted by Gasteiger charge is -2.39. The van der Waals surface area contributed by atoms with Crippen LogP contribution in [-0.4, -0.2) is 47.8 Å². The monoisotopic (exact) mass is 395 g/mol. The van der Waals surface area contributed by atoms with Gasteiger partial charge in [-0.3, -0.25) is 9.59 Å². The first-order valence-electron chi connectivity index (χ1n) is 9.46. The average Bonchev–Trinajstić information content (AvgIpc) is 2.58. The Kier molecular flexibility index (Phi) is 8.30. The second kappa shape index (κ2) is 9.56. The molecule has 0 radical (unpaired) electrons. The van der Waals surface area contributed by atoms with Crippen molar-refractivity contribution in [1.29, 1.82) is 0 Å². The van der Waals surface area contributed by atoms with Gasteiger partial charge < -0.3 is 15.5 Å². The van der Waals surface area contributed by atoms with E-state index in [1.165, 1.54) is 0 Å². The van der Waals surface area contributed by atoms with Crippen LogP contribution in [-0.2, 0) is 22.6 Å². The van der Waals surface area contributed by atoms with Crippen LogP contribution in [0.3, 0.4) is 0 Å². The summed E-state index contributed by atoms with van der Waals surface area (Å²) in [5.41, 5.74) is 7.97. The summed E-state index contributed by atoms with van der Waals surface area (Å²) in [5, 5.41) is 0. The molecule has 0 saturated carbocycles. The van der Waals surface area contributed by atoms with Crippen molar-refractivity contribution in [3.63, 3.8) is 0 Å². The number of benzene rings is 1. The Hall–Kier alpha value is -1.59. The highest BCUT2D eigenvalue weighted by Crippen LogP contribution is 2.26. The third-order valence-corrected chi connectivity index (χ3v) is 5.03. The van der Waals surface area contributed by atoms with Crippen molar-refractivity contribution in [3.8, 4) is 0 Å². The standard InChI is InChI=1S/C21H33N3O2.ClH/c1-15(2)10-19(25)24-12-17-9-7-6-8-16(17)11-18(24)20(26)23(5)14-21(3,4)13-22;/h6-9,15,18H,10-14,22H2,1-5H3;1H. The maximum Gasteiger partial charge on any atom is 0.245 e. The van der Waals surface area contributed by atoms with Crippen LogP contribution >= 0.6 is 12.4 Å². The molecular weight excluding hydrogens is 362 g/mol. The molecule has 1 aromatic rings. The van der Waals surface area contributed by atoms with Crippen LogP contribution in [0.4, 0.5) is 0 Å². The molecule has 1 unspecified atom stereocenters. The van der Waals surface area contributed by atoms with E-state index in [-0.39, 0.29) is 35.6 Å². The van der Waals surface area contributed by atoms with Crippen molar-refractivity contribution in [2.45, 2.75) is 53.1 Å². The second-order valence-corrected chi connectivity index (χ2v) is 8.67. The molecule has 5 nitrogen and oxygen atoms in total. The molecule has 2 N–H and O–H groups in total. The number of nitrogens with two attached hydrogens (primary N) is 1. The molecule has 1 heterocycles. The van der Waals surface area contributed by atoms with Crippen LogP contribution in [0, 0.1) is 11.3 Å². The Morgan fingerprint density at radius 1 is 1.26 bits per heavy atom. The summed E-state index contributed by atoms with van der Waals surface area (Å²) < 4.78 is 0. The molecule has 1 aliphatic rings. The summed E-state index contributed by atoms with van der Waals surface area (Å²) in [6, 6.07) is 7.65. The number of likely N-dealkylation sites (N-methyl/N-ethyl adjacent to an activating group) is 1. The topological polar surface area (TPSA) is 66.6 Å². The fourth-order valence-electron chi connectivity index (χ4n) is 3.51. The molecule has 6 heteroatoms. The van der Waals surface area contributed by atoms with E-state index in [2.05, 4.69) is 19.9 Å². The molecule has 27 heavy (non-hydrogen) atoms. The van der Waals surface area contributed by atoms with Crippen molar-refractivity contribution >= 4 is 24.2 Å². The molecule has 1 atom stereocenters. The van der Waals surface area contributed by atoms with Gasteiger partial charge in [-0.05, 0) is 29.0 Å². The molecule has 0 saturated heterocycles. The fourth-order valence-corrected chi connectivity index (χ4v) is 3.51. The van der Waals surface area contributed by atoms with Gasteiger partial charge in [-0.15, -0.1) is 12.4 Å². The highest BCUT2D eigenvalue weighted by molar-refractivity contribution is 5.88. The third kappa shape index (κ3) is 5.94. The first-order valence-corrected chi connectivity index (χ1v) is 9.46. The number of fused-ring (bicyclic) bond motifs is 1. The van der Waals surface area contributed by atoms with E-state index in [1.54, 1.807) is 9.80 Å². The predicted molar refractivity (Wildman–Crippen MR) is 112 cm³/mol. The van der Waals surface area contributed by atoms with E-state index < -0.39 is 6.04 Å². The van der Waals surface area contributed by atoms with Gasteiger partial charge in [0.1, 0.15) is 6.04 Å². The largest absolute Gasteiger partial charge is 0.343 e. The third-order valence-electron chi connectivity index (χ3n) is 5.03. The van der Waals surface area contributed by atoms with Gasteiger partial charge >= 0.3 is 0 Å². The summed E-state index contributed by atoms with van der Waals surface area (Å²) in [6.07, 6.45) is 1.04. The maximum atomic E-state index is 13.2. The molecule has 1 aromatic carbocycles. The van der Waals surface area contributed by atoms with Gasteiger partial charge in [0.25, 0.3) is 0 Å². The Balaban J connectivity index is 0.00000364. The summed E-state index contributed by atoms with van der Waals surface area (Å²) in [4.78, 5) is 29.5. The zero-order valence-electron chi connectivity index (χ0n) is 17.2. The Bertz CT molecular complexity index is 661. The lowest BCUT2D eigenvalue weighted by Crippen LogP contribution is -2.54. The molecular formula is C21H34ClN3O2. The van der Waals surface area contributed by atoms with E-state index >= 15 is 0 Å². The van der Waals surface area contributed by atoms with E-state index in [0.29, 0.717) is 32.5 Å². The lowest BCUT2D eigenvalue weighted by atomic mass is 9.90. The van der Waals surface area contributed by atoms with E-state index in [0.717, 1.165) is 11.1 Å². The van der Waals surface area contributed by atoms with Crippen LogP contribution in [0.1, 0.15) is 45.2 Å². The molecule has 1 aliphatic heterocycles. The van der Waals surface area contributed by atoms with Gasteiger partial charge in [-0.2, -0.15) is 0 Å². The minimum atomic E-state index is -0.435. The number of carbonyl (C=O) groups is 2. The number of amides is 2. The van der Waals surface area contributed by atoms with Crippen molar-refractivity contribution in [2.75, 3.05) is 20.1 Å². The summed E-state index contributed by atoms with van der Waals surface area (Å²) in [6.45, 7) is 9.75. The fraction of sp³-hybridized carbons (Fsp3) is 0.619. The predicted octanol–water partition coefficient (Wildman–Crippen LogP) is 2.85. The zero-order valence-corrected chi connectivity index (χ0v) is 18.0. The average molecular weight is 396 g/mol. The van der Waals surface area contributed by atoms with Crippen LogP contribution in [0.15, 0.2) is 24.3 Å². The minimum Gasteiger partial charge on any atom is -0.343 e. The highest BCUT2D eigenvalue weighted by Gasteiger charge is 2.36. The summed E-state index contributed by atoms with van der Waals surface area (Å²) >= 11 is 0. The maximum absolute atomic E-state index is 13.2. The highest BCUT2D eigenvalue weighted by atomic mass is 35.5. The molecule has 0 aliphatic carbocycles. The molecule has 0 fully saturated rings. The van der Waals surface area contributed by atoms with Crippen LogP contribution in [0.25, 0.3) is 0 Å². The summed E-state index contributed by atoms with van der Waals surface area (Å²) in [5.74, 6) is 0.321. The number of hydrogen-bond donors (Lipinski definition) is 1. The number of hydrogen-bond acceptors (Lipinski definition) is 3. The SMILES string of the molecule is CC(C)CC(=O)N1Cc2ccccc2CC1C(=O)N(C)CC(C)(C)CN.Cl. The summed E-state index contributed by atoms with van der Waals surface area (Å²) in [7, 11) is 1.81. The van der Waals surface area contributed by atoms with Crippen molar-refractivity contribution < 1.29 is 9.59 Å². The number of rotatable bonds is 6. The molecule has 2 amide bonds. The molecule has 0 spiro atoms. The lowest BCUT2D eigenvalue weighted by molar-refractivity contribution is -0.147. The van der Waals surface area contributed by atoms with Crippen LogP contribution in [0.2, 0.25) is 0 Å². The van der Waals surface area contributed by atoms with E-state index in [9.17, 15) is 9.59 Å². The van der Waals surface area contributed by atoms with E-state index in [1.807, 2.05) is 39.1 Å². The van der Waals surface area contributed by atoms with Gasteiger partial charge in [0.15, 0.2) is 0 Å². The zero-order chi connectivity index (χ0) is 19.5. The Morgan fingerprint density at radius 3 is 2.41 bits per heavy atom. The number of halogens is 1. The second-order valence-electron chi connectivity index (χ2n) is 8.67. The van der Waals surface area contributed by atoms with Gasteiger partial charge in [-0.1, -0.05) is 52.0 Å². The van der Waals surface area contributed by atoms with Crippen molar-refractivity contribution in [1.82, 2.24) is 9.80 Å². The van der Waals surface area contributed by atoms with Gasteiger partial charge in [-0.25, -0.2) is 0 Å². The molecule has 0 aromatic heterocycles. The molecule has 2 rings (SSSR count). The molecule has 152 valence electrons. The quantitative estimate of drug-likeness (QED) is 0.805. The first-order chi connectivity index (χ1) is 12.1. The molecule has 0 bridgehead atoms. The van der Waals surface area contributed by atoms with Crippen LogP contribution in [0.5, 0.6) is 0 Å². The van der Waals surface area contributed by atoms with Gasteiger partial charge in [0.05, 0.1) is 0 Å².